The van der Waals surface area contributed by atoms with E-state index in [1.54, 1.807) is 11.8 Å². The number of para-hydroxylation sites is 1. The molecule has 2 aromatic rings. The van der Waals surface area contributed by atoms with Gasteiger partial charge in [0.15, 0.2) is 0 Å². The monoisotopic (exact) mass is 291 g/mol. The SMILES string of the molecule is COCCNC(=O)CCCOc1nn(C)c2ccccc12. The minimum Gasteiger partial charge on any atom is -0.476 e. The number of aryl methyl sites for hydroxylation is 1. The van der Waals surface area contributed by atoms with Crippen molar-refractivity contribution < 1.29 is 14.3 Å². The van der Waals surface area contributed by atoms with Gasteiger partial charge in [-0.15, -0.1) is 5.10 Å². The number of hydrogen-bond acceptors (Lipinski definition) is 4. The van der Waals surface area contributed by atoms with Crippen molar-refractivity contribution in [3.8, 4) is 5.88 Å². The van der Waals surface area contributed by atoms with E-state index >= 15 is 0 Å². The summed E-state index contributed by atoms with van der Waals surface area (Å²) in [6.45, 7) is 1.54. The lowest BCUT2D eigenvalue weighted by Crippen LogP contribution is -2.27. The van der Waals surface area contributed by atoms with Crippen molar-refractivity contribution in [1.29, 1.82) is 0 Å². The minimum atomic E-state index is 0.0153. The summed E-state index contributed by atoms with van der Waals surface area (Å²) >= 11 is 0. The van der Waals surface area contributed by atoms with Crippen LogP contribution in [-0.4, -0.2) is 42.6 Å². The summed E-state index contributed by atoms with van der Waals surface area (Å²) < 4.78 is 12.3. The number of fused-ring (bicyclic) bond motifs is 1. The first-order valence-electron chi connectivity index (χ1n) is 7.02. The molecule has 0 saturated carbocycles. The zero-order valence-corrected chi connectivity index (χ0v) is 12.5. The number of hydrogen-bond donors (Lipinski definition) is 1. The average molecular weight is 291 g/mol. The Labute approximate surface area is 124 Å². The fourth-order valence-electron chi connectivity index (χ4n) is 2.07. The molecule has 6 heteroatoms. The fourth-order valence-corrected chi connectivity index (χ4v) is 2.07. The smallest absolute Gasteiger partial charge is 0.240 e. The molecule has 6 nitrogen and oxygen atoms in total. The van der Waals surface area contributed by atoms with Gasteiger partial charge in [0.1, 0.15) is 0 Å². The maximum absolute atomic E-state index is 11.5. The van der Waals surface area contributed by atoms with Gasteiger partial charge in [-0.2, -0.15) is 0 Å². The minimum absolute atomic E-state index is 0.0153. The highest BCUT2D eigenvalue weighted by Crippen LogP contribution is 2.23. The van der Waals surface area contributed by atoms with Crippen LogP contribution in [0, 0.1) is 0 Å². The lowest BCUT2D eigenvalue weighted by Gasteiger charge is -2.05. The van der Waals surface area contributed by atoms with E-state index < -0.39 is 0 Å². The van der Waals surface area contributed by atoms with Gasteiger partial charge >= 0.3 is 0 Å². The number of carbonyl (C=O) groups excluding carboxylic acids is 1. The van der Waals surface area contributed by atoms with E-state index in [1.165, 1.54) is 0 Å². The van der Waals surface area contributed by atoms with Gasteiger partial charge in [-0.3, -0.25) is 9.48 Å². The van der Waals surface area contributed by atoms with Crippen molar-refractivity contribution in [2.75, 3.05) is 26.9 Å². The second-order valence-electron chi connectivity index (χ2n) is 4.74. The summed E-state index contributed by atoms with van der Waals surface area (Å²) in [5.41, 5.74) is 1.03. The molecule has 0 fully saturated rings. The molecule has 1 amide bonds. The molecule has 0 saturated heterocycles. The number of ether oxygens (including phenoxy) is 2. The molecule has 0 unspecified atom stereocenters. The van der Waals surface area contributed by atoms with Gasteiger partial charge in [-0.1, -0.05) is 12.1 Å². The number of methoxy groups -OCH3 is 1. The second-order valence-corrected chi connectivity index (χ2v) is 4.74. The number of nitrogens with zero attached hydrogens (tertiary/aromatic N) is 2. The van der Waals surface area contributed by atoms with Gasteiger partial charge in [0, 0.05) is 27.1 Å². The predicted octanol–water partition coefficient (Wildman–Crippen LogP) is 1.49. The number of carbonyl (C=O) groups is 1. The number of nitrogens with one attached hydrogen (secondary N) is 1. The summed E-state index contributed by atoms with van der Waals surface area (Å²) in [6, 6.07) is 7.91. The van der Waals surface area contributed by atoms with Gasteiger partial charge in [0.05, 0.1) is 24.1 Å². The molecule has 0 aliphatic carbocycles. The quantitative estimate of drug-likeness (QED) is 0.748. The van der Waals surface area contributed by atoms with Crippen molar-refractivity contribution in [2.45, 2.75) is 12.8 Å². The van der Waals surface area contributed by atoms with E-state index in [2.05, 4.69) is 10.4 Å². The Bertz CT molecular complexity index is 595. The van der Waals surface area contributed by atoms with Crippen LogP contribution < -0.4 is 10.1 Å². The molecule has 0 aliphatic rings. The summed E-state index contributed by atoms with van der Waals surface area (Å²) in [5.74, 6) is 0.634. The Morgan fingerprint density at radius 1 is 1.33 bits per heavy atom. The molecule has 0 spiro atoms. The second kappa shape index (κ2) is 7.64. The Balaban J connectivity index is 1.77. The molecule has 1 N–H and O–H groups in total. The topological polar surface area (TPSA) is 65.4 Å². The number of rotatable bonds is 8. The summed E-state index contributed by atoms with van der Waals surface area (Å²) in [4.78, 5) is 11.5. The highest BCUT2D eigenvalue weighted by atomic mass is 16.5. The van der Waals surface area contributed by atoms with Gasteiger partial charge in [0.25, 0.3) is 0 Å². The summed E-state index contributed by atoms with van der Waals surface area (Å²) in [6.07, 6.45) is 1.10. The number of aromatic nitrogens is 2. The Morgan fingerprint density at radius 3 is 2.95 bits per heavy atom. The van der Waals surface area contributed by atoms with E-state index in [0.717, 1.165) is 10.9 Å². The number of benzene rings is 1. The first kappa shape index (κ1) is 15.3. The average Bonchev–Trinajstić information content (AvgIpc) is 2.81. The van der Waals surface area contributed by atoms with E-state index in [4.69, 9.17) is 9.47 Å². The van der Waals surface area contributed by atoms with Crippen molar-refractivity contribution in [1.82, 2.24) is 15.1 Å². The lowest BCUT2D eigenvalue weighted by molar-refractivity contribution is -0.121. The predicted molar refractivity (Wildman–Crippen MR) is 80.3 cm³/mol. The van der Waals surface area contributed by atoms with Gasteiger partial charge < -0.3 is 14.8 Å². The molecule has 0 aliphatic heterocycles. The highest BCUT2D eigenvalue weighted by molar-refractivity contribution is 5.84. The third-order valence-electron chi connectivity index (χ3n) is 3.14. The van der Waals surface area contributed by atoms with E-state index in [9.17, 15) is 4.79 Å². The van der Waals surface area contributed by atoms with Crippen LogP contribution in [0.5, 0.6) is 5.88 Å². The van der Waals surface area contributed by atoms with Crippen molar-refractivity contribution in [3.63, 3.8) is 0 Å². The van der Waals surface area contributed by atoms with Gasteiger partial charge in [0.2, 0.25) is 11.8 Å². The first-order chi connectivity index (χ1) is 10.2. The van der Waals surface area contributed by atoms with E-state index in [1.807, 2.05) is 31.3 Å². The van der Waals surface area contributed by atoms with E-state index in [0.29, 0.717) is 38.5 Å². The molecular weight excluding hydrogens is 270 g/mol. The molecule has 0 bridgehead atoms. The lowest BCUT2D eigenvalue weighted by atomic mass is 10.2. The zero-order valence-electron chi connectivity index (χ0n) is 12.5. The molecule has 0 radical (unpaired) electrons. The fraction of sp³-hybridized carbons (Fsp3) is 0.467. The maximum Gasteiger partial charge on any atom is 0.240 e. The molecule has 21 heavy (non-hydrogen) atoms. The molecule has 1 aromatic carbocycles. The standard InChI is InChI=1S/C15H21N3O3/c1-18-13-7-4-3-6-12(13)15(17-18)21-10-5-8-14(19)16-9-11-20-2/h3-4,6-7H,5,8-11H2,1-2H3,(H,16,19). The Kier molecular flexibility index (Phi) is 5.57. The zero-order chi connectivity index (χ0) is 15.1. The van der Waals surface area contributed by atoms with Gasteiger partial charge in [-0.05, 0) is 18.6 Å². The largest absolute Gasteiger partial charge is 0.476 e. The van der Waals surface area contributed by atoms with Crippen LogP contribution in [-0.2, 0) is 16.6 Å². The van der Waals surface area contributed by atoms with Crippen LogP contribution >= 0.6 is 0 Å². The summed E-state index contributed by atoms with van der Waals surface area (Å²) in [5, 5.41) is 8.11. The maximum atomic E-state index is 11.5. The molecule has 114 valence electrons. The van der Waals surface area contributed by atoms with Crippen LogP contribution in [0.25, 0.3) is 10.9 Å². The Hall–Kier alpha value is -2.08. The van der Waals surface area contributed by atoms with Crippen LogP contribution in [0.2, 0.25) is 0 Å². The molecule has 1 heterocycles. The van der Waals surface area contributed by atoms with E-state index in [-0.39, 0.29) is 5.91 Å². The molecule has 2 rings (SSSR count). The molecular formula is C15H21N3O3. The van der Waals surface area contributed by atoms with Crippen LogP contribution in [0.15, 0.2) is 24.3 Å². The third-order valence-corrected chi connectivity index (χ3v) is 3.14. The third kappa shape index (κ3) is 4.19. The van der Waals surface area contributed by atoms with Crippen LogP contribution in [0.4, 0.5) is 0 Å². The van der Waals surface area contributed by atoms with Crippen molar-refractivity contribution in [2.24, 2.45) is 7.05 Å². The van der Waals surface area contributed by atoms with Crippen LogP contribution in [0.1, 0.15) is 12.8 Å². The van der Waals surface area contributed by atoms with Gasteiger partial charge in [-0.25, -0.2) is 0 Å². The molecule has 1 aromatic heterocycles. The number of amides is 1. The van der Waals surface area contributed by atoms with Crippen molar-refractivity contribution >= 4 is 16.8 Å². The first-order valence-corrected chi connectivity index (χ1v) is 7.02. The molecule has 0 atom stereocenters. The summed E-state index contributed by atoms with van der Waals surface area (Å²) in [7, 11) is 3.50. The Morgan fingerprint density at radius 2 is 2.14 bits per heavy atom. The van der Waals surface area contributed by atoms with Crippen LogP contribution in [0.3, 0.4) is 0 Å². The highest BCUT2D eigenvalue weighted by Gasteiger charge is 2.09. The normalized spacial score (nSPS) is 10.8. The van der Waals surface area contributed by atoms with Crippen molar-refractivity contribution in [3.05, 3.63) is 24.3 Å².